The van der Waals surface area contributed by atoms with Crippen molar-refractivity contribution in [3.63, 3.8) is 0 Å². The lowest BCUT2D eigenvalue weighted by Crippen LogP contribution is -2.52. The molecule has 0 aliphatic rings. The van der Waals surface area contributed by atoms with Gasteiger partial charge in [-0.15, -0.1) is 0 Å². The number of nitrogens with one attached hydrogen (secondary N) is 1. The predicted octanol–water partition coefficient (Wildman–Crippen LogP) is 6.24. The number of carbonyl (C=O) groups is 2. The number of hydrogen-bond donors (Lipinski definition) is 1. The Morgan fingerprint density at radius 2 is 1.60 bits per heavy atom. The van der Waals surface area contributed by atoms with E-state index in [2.05, 4.69) is 52.4 Å². The lowest BCUT2D eigenvalue weighted by molar-refractivity contribution is -0.141. The summed E-state index contributed by atoms with van der Waals surface area (Å²) in [6, 6.07) is 25.6. The van der Waals surface area contributed by atoms with Crippen molar-refractivity contribution < 1.29 is 9.59 Å². The van der Waals surface area contributed by atoms with Crippen LogP contribution in [0.1, 0.15) is 48.9 Å². The highest BCUT2D eigenvalue weighted by Crippen LogP contribution is 2.19. The summed E-state index contributed by atoms with van der Waals surface area (Å²) >= 11 is 3.54. The maximum Gasteiger partial charge on any atom is 0.243 e. The number of rotatable bonds is 11. The van der Waals surface area contributed by atoms with Crippen molar-refractivity contribution >= 4 is 27.7 Å². The van der Waals surface area contributed by atoms with Crippen LogP contribution in [0.2, 0.25) is 0 Å². The lowest BCUT2D eigenvalue weighted by atomic mass is 10.0. The van der Waals surface area contributed by atoms with Crippen LogP contribution in [0.4, 0.5) is 0 Å². The van der Waals surface area contributed by atoms with Gasteiger partial charge >= 0.3 is 0 Å². The zero-order chi connectivity index (χ0) is 25.2. The molecule has 35 heavy (non-hydrogen) atoms. The van der Waals surface area contributed by atoms with Crippen LogP contribution in [0.5, 0.6) is 0 Å². The van der Waals surface area contributed by atoms with Gasteiger partial charge in [-0.3, -0.25) is 9.59 Å². The van der Waals surface area contributed by atoms with E-state index >= 15 is 0 Å². The van der Waals surface area contributed by atoms with E-state index in [1.54, 1.807) is 4.90 Å². The summed E-state index contributed by atoms with van der Waals surface area (Å²) in [6.07, 6.45) is 2.28. The Hall–Kier alpha value is -2.92. The maximum absolute atomic E-state index is 13.7. The van der Waals surface area contributed by atoms with Crippen LogP contribution in [-0.4, -0.2) is 28.8 Å². The third-order valence-electron chi connectivity index (χ3n) is 6.26. The van der Waals surface area contributed by atoms with Gasteiger partial charge in [-0.05, 0) is 55.5 Å². The quantitative estimate of drug-likeness (QED) is 0.316. The van der Waals surface area contributed by atoms with Gasteiger partial charge in [0.15, 0.2) is 0 Å². The molecule has 2 atom stereocenters. The average Bonchev–Trinajstić information content (AvgIpc) is 2.86. The Balaban J connectivity index is 1.90. The fourth-order valence-corrected chi connectivity index (χ4v) is 4.42. The number of amides is 2. The second kappa shape index (κ2) is 13.2. The monoisotopic (exact) mass is 534 g/mol. The molecule has 1 N–H and O–H groups in total. The van der Waals surface area contributed by atoms with Crippen LogP contribution in [0.15, 0.2) is 83.3 Å². The number of benzene rings is 3. The van der Waals surface area contributed by atoms with Crippen molar-refractivity contribution in [2.75, 3.05) is 0 Å². The van der Waals surface area contributed by atoms with E-state index in [1.807, 2.05) is 68.4 Å². The molecule has 0 radical (unpaired) electrons. The van der Waals surface area contributed by atoms with E-state index < -0.39 is 6.04 Å². The van der Waals surface area contributed by atoms with Crippen molar-refractivity contribution in [1.29, 1.82) is 0 Å². The molecule has 0 aliphatic heterocycles. The van der Waals surface area contributed by atoms with E-state index in [0.717, 1.165) is 27.6 Å². The first-order valence-corrected chi connectivity index (χ1v) is 13.1. The molecule has 0 saturated heterocycles. The molecular weight excluding hydrogens is 500 g/mol. The highest BCUT2D eigenvalue weighted by atomic mass is 79.9. The molecule has 0 heterocycles. The van der Waals surface area contributed by atoms with Crippen molar-refractivity contribution in [1.82, 2.24) is 10.2 Å². The summed E-state index contributed by atoms with van der Waals surface area (Å²) in [6.45, 7) is 6.47. The van der Waals surface area contributed by atoms with Gasteiger partial charge in [-0.1, -0.05) is 95.1 Å². The highest BCUT2D eigenvalue weighted by Gasteiger charge is 2.30. The van der Waals surface area contributed by atoms with Crippen LogP contribution in [0.25, 0.3) is 0 Å². The smallest absolute Gasteiger partial charge is 0.243 e. The Labute approximate surface area is 217 Å². The highest BCUT2D eigenvalue weighted by molar-refractivity contribution is 9.10. The van der Waals surface area contributed by atoms with Crippen molar-refractivity contribution in [3.05, 3.63) is 106 Å². The van der Waals surface area contributed by atoms with E-state index in [9.17, 15) is 9.59 Å². The number of carbonyl (C=O) groups excluding carboxylic acids is 2. The summed E-state index contributed by atoms with van der Waals surface area (Å²) in [5.74, 6) is -0.132. The minimum absolute atomic E-state index is 0.0224. The first-order chi connectivity index (χ1) is 16.9. The molecular formula is C30H35BrN2O2. The summed E-state index contributed by atoms with van der Waals surface area (Å²) in [4.78, 5) is 29.0. The molecule has 4 nitrogen and oxygen atoms in total. The van der Waals surface area contributed by atoms with Gasteiger partial charge in [-0.25, -0.2) is 0 Å². The van der Waals surface area contributed by atoms with Gasteiger partial charge < -0.3 is 10.2 Å². The fraction of sp³-hybridized carbons (Fsp3) is 0.333. The van der Waals surface area contributed by atoms with Crippen LogP contribution in [0, 0.1) is 6.92 Å². The Morgan fingerprint density at radius 1 is 0.914 bits per heavy atom. The van der Waals surface area contributed by atoms with E-state index in [1.165, 1.54) is 5.56 Å². The van der Waals surface area contributed by atoms with Gasteiger partial charge in [0.05, 0.1) is 0 Å². The zero-order valence-corrected chi connectivity index (χ0v) is 22.4. The van der Waals surface area contributed by atoms with Gasteiger partial charge in [0.25, 0.3) is 0 Å². The Kier molecular flexibility index (Phi) is 10.1. The van der Waals surface area contributed by atoms with Gasteiger partial charge in [0, 0.05) is 29.9 Å². The molecule has 184 valence electrons. The topological polar surface area (TPSA) is 49.4 Å². The van der Waals surface area contributed by atoms with Crippen LogP contribution in [0.3, 0.4) is 0 Å². The standard InChI is InChI=1S/C30H35BrN2O2/c1-4-23(3)32-30(35)28(20-25-9-6-5-7-10-25)33(21-26-11-8-12-27(31)19-26)29(34)18-17-24-15-13-22(2)14-16-24/h5-16,19,23,28H,4,17-18,20-21H2,1-3H3,(H,32,35)/t23-,28-/m0/s1. The molecule has 0 saturated carbocycles. The SMILES string of the molecule is CC[C@H](C)NC(=O)[C@H](Cc1ccccc1)N(Cc1cccc(Br)c1)C(=O)CCc1ccc(C)cc1. The second-order valence-electron chi connectivity index (χ2n) is 9.16. The molecule has 0 aromatic heterocycles. The lowest BCUT2D eigenvalue weighted by Gasteiger charge is -2.32. The number of nitrogens with zero attached hydrogens (tertiary/aromatic N) is 1. The molecule has 3 aromatic carbocycles. The van der Waals surface area contributed by atoms with Crippen LogP contribution < -0.4 is 5.32 Å². The number of hydrogen-bond acceptors (Lipinski definition) is 2. The molecule has 3 aromatic rings. The minimum atomic E-state index is -0.601. The molecule has 5 heteroatoms. The van der Waals surface area contributed by atoms with Gasteiger partial charge in [0.2, 0.25) is 11.8 Å². The summed E-state index contributed by atoms with van der Waals surface area (Å²) in [7, 11) is 0. The molecule has 0 aliphatic carbocycles. The normalized spacial score (nSPS) is 12.6. The number of halogens is 1. The maximum atomic E-state index is 13.7. The summed E-state index contributed by atoms with van der Waals surface area (Å²) in [5, 5.41) is 3.12. The van der Waals surface area contributed by atoms with Crippen LogP contribution >= 0.6 is 15.9 Å². The Bertz CT molecular complexity index is 1100. The van der Waals surface area contributed by atoms with Crippen molar-refractivity contribution in [2.45, 2.75) is 65.1 Å². The first kappa shape index (κ1) is 26.7. The second-order valence-corrected chi connectivity index (χ2v) is 10.1. The Morgan fingerprint density at radius 3 is 2.26 bits per heavy atom. The third kappa shape index (κ3) is 8.36. The minimum Gasteiger partial charge on any atom is -0.352 e. The molecule has 3 rings (SSSR count). The fourth-order valence-electron chi connectivity index (χ4n) is 3.98. The van der Waals surface area contributed by atoms with Crippen molar-refractivity contribution in [3.8, 4) is 0 Å². The molecule has 0 spiro atoms. The molecule has 0 unspecified atom stereocenters. The predicted molar refractivity (Wildman–Crippen MR) is 146 cm³/mol. The largest absolute Gasteiger partial charge is 0.352 e. The summed E-state index contributed by atoms with van der Waals surface area (Å²) in [5.41, 5.74) is 4.33. The first-order valence-electron chi connectivity index (χ1n) is 12.3. The van der Waals surface area contributed by atoms with Crippen molar-refractivity contribution in [2.24, 2.45) is 0 Å². The summed E-state index contributed by atoms with van der Waals surface area (Å²) < 4.78 is 0.950. The van der Waals surface area contributed by atoms with E-state index in [0.29, 0.717) is 25.8 Å². The molecule has 0 bridgehead atoms. The molecule has 0 fully saturated rings. The molecule has 2 amide bonds. The zero-order valence-electron chi connectivity index (χ0n) is 20.8. The number of aryl methyl sites for hydroxylation is 2. The van der Waals surface area contributed by atoms with Crippen LogP contribution in [-0.2, 0) is 29.0 Å². The van der Waals surface area contributed by atoms with E-state index in [-0.39, 0.29) is 17.9 Å². The third-order valence-corrected chi connectivity index (χ3v) is 6.76. The average molecular weight is 536 g/mol. The van der Waals surface area contributed by atoms with E-state index in [4.69, 9.17) is 0 Å². The van der Waals surface area contributed by atoms with Gasteiger partial charge in [0.1, 0.15) is 6.04 Å². The van der Waals surface area contributed by atoms with Gasteiger partial charge in [-0.2, -0.15) is 0 Å².